The number of nitrogens with zero attached hydrogens (tertiary/aromatic N) is 2. The van der Waals surface area contributed by atoms with Gasteiger partial charge in [0, 0.05) is 5.92 Å². The molecule has 2 atom stereocenters. The quantitative estimate of drug-likeness (QED) is 0.918. The van der Waals surface area contributed by atoms with Crippen molar-refractivity contribution >= 4 is 16.3 Å². The third kappa shape index (κ3) is 2.66. The largest absolute Gasteiger partial charge is 0.391 e. The zero-order chi connectivity index (χ0) is 13.2. The average molecular weight is 277 g/mol. The SMILES string of the molecule is CCC1CCCC(c2noc(-c3ccc(N)s3)n2)C1. The highest BCUT2D eigenvalue weighted by atomic mass is 32.1. The molecule has 2 aromatic rings. The Morgan fingerprint density at radius 1 is 1.42 bits per heavy atom. The third-order valence-corrected chi connectivity index (χ3v) is 4.91. The number of aromatic nitrogens is 2. The Kier molecular flexibility index (Phi) is 3.55. The molecule has 0 aromatic carbocycles. The van der Waals surface area contributed by atoms with Gasteiger partial charge >= 0.3 is 0 Å². The molecule has 1 aliphatic rings. The summed E-state index contributed by atoms with van der Waals surface area (Å²) in [5.74, 6) is 2.77. The van der Waals surface area contributed by atoms with Crippen molar-refractivity contribution in [3.63, 3.8) is 0 Å². The Morgan fingerprint density at radius 2 is 2.32 bits per heavy atom. The number of nitrogens with two attached hydrogens (primary N) is 1. The van der Waals surface area contributed by atoms with Crippen molar-refractivity contribution in [3.8, 4) is 10.8 Å². The summed E-state index contributed by atoms with van der Waals surface area (Å²) < 4.78 is 5.38. The molecule has 0 bridgehead atoms. The first kappa shape index (κ1) is 12.7. The summed E-state index contributed by atoms with van der Waals surface area (Å²) in [5, 5.41) is 4.95. The Morgan fingerprint density at radius 3 is 3.05 bits per heavy atom. The molecule has 0 saturated heterocycles. The fourth-order valence-electron chi connectivity index (χ4n) is 2.86. The number of hydrogen-bond acceptors (Lipinski definition) is 5. The summed E-state index contributed by atoms with van der Waals surface area (Å²) >= 11 is 1.49. The van der Waals surface area contributed by atoms with Crippen molar-refractivity contribution in [3.05, 3.63) is 18.0 Å². The molecule has 5 heteroatoms. The predicted octanol–water partition coefficient (Wildman–Crippen LogP) is 4.06. The highest BCUT2D eigenvalue weighted by Gasteiger charge is 2.26. The van der Waals surface area contributed by atoms with Crippen LogP contribution in [-0.4, -0.2) is 10.1 Å². The first-order chi connectivity index (χ1) is 9.26. The molecule has 2 aromatic heterocycles. The first-order valence-corrected chi connectivity index (χ1v) is 7.77. The second-order valence-corrected chi connectivity index (χ2v) is 6.41. The number of nitrogen functional groups attached to an aromatic ring is 1. The van der Waals surface area contributed by atoms with E-state index in [0.717, 1.165) is 21.6 Å². The molecular weight excluding hydrogens is 258 g/mol. The fourth-order valence-corrected chi connectivity index (χ4v) is 3.56. The molecule has 0 spiro atoms. The van der Waals surface area contributed by atoms with Gasteiger partial charge in [0.05, 0.1) is 9.88 Å². The fraction of sp³-hybridized carbons (Fsp3) is 0.571. The molecule has 0 aliphatic heterocycles. The van der Waals surface area contributed by atoms with Crippen LogP contribution in [0.4, 0.5) is 5.00 Å². The second-order valence-electron chi connectivity index (χ2n) is 5.30. The van der Waals surface area contributed by atoms with Crippen LogP contribution < -0.4 is 5.73 Å². The van der Waals surface area contributed by atoms with E-state index in [1.807, 2.05) is 12.1 Å². The Labute approximate surface area is 117 Å². The predicted molar refractivity (Wildman–Crippen MR) is 77.0 cm³/mol. The van der Waals surface area contributed by atoms with Crippen molar-refractivity contribution in [1.82, 2.24) is 10.1 Å². The standard InChI is InChI=1S/C14H19N3OS/c1-2-9-4-3-5-10(8-9)13-16-14(18-17-13)11-6-7-12(15)19-11/h6-7,9-10H,2-5,8,15H2,1H3. The summed E-state index contributed by atoms with van der Waals surface area (Å²) in [6.45, 7) is 2.27. The molecule has 1 saturated carbocycles. The Hall–Kier alpha value is -1.36. The van der Waals surface area contributed by atoms with Crippen molar-refractivity contribution in [2.24, 2.45) is 5.92 Å². The van der Waals surface area contributed by atoms with Crippen molar-refractivity contribution in [2.75, 3.05) is 5.73 Å². The maximum Gasteiger partial charge on any atom is 0.268 e. The van der Waals surface area contributed by atoms with Crippen LogP contribution in [0.15, 0.2) is 16.7 Å². The summed E-state index contributed by atoms with van der Waals surface area (Å²) in [4.78, 5) is 5.52. The van der Waals surface area contributed by atoms with E-state index in [2.05, 4.69) is 17.1 Å². The summed E-state index contributed by atoms with van der Waals surface area (Å²) in [7, 11) is 0. The van der Waals surface area contributed by atoms with Crippen LogP contribution in [0.5, 0.6) is 0 Å². The lowest BCUT2D eigenvalue weighted by Gasteiger charge is -2.26. The van der Waals surface area contributed by atoms with Gasteiger partial charge in [0.1, 0.15) is 0 Å². The van der Waals surface area contributed by atoms with Crippen LogP contribution in [0.3, 0.4) is 0 Å². The highest BCUT2D eigenvalue weighted by Crippen LogP contribution is 2.37. The van der Waals surface area contributed by atoms with E-state index in [0.29, 0.717) is 11.8 Å². The number of hydrogen-bond donors (Lipinski definition) is 1. The van der Waals surface area contributed by atoms with Gasteiger partial charge in [-0.15, -0.1) is 11.3 Å². The van der Waals surface area contributed by atoms with E-state index in [1.165, 1.54) is 43.4 Å². The van der Waals surface area contributed by atoms with Gasteiger partial charge in [-0.3, -0.25) is 0 Å². The van der Waals surface area contributed by atoms with E-state index < -0.39 is 0 Å². The van der Waals surface area contributed by atoms with Gasteiger partial charge in [0.15, 0.2) is 5.82 Å². The van der Waals surface area contributed by atoms with Crippen LogP contribution in [0, 0.1) is 5.92 Å². The minimum absolute atomic E-state index is 0.466. The number of rotatable bonds is 3. The topological polar surface area (TPSA) is 64.9 Å². The molecule has 19 heavy (non-hydrogen) atoms. The zero-order valence-corrected chi connectivity index (χ0v) is 11.9. The molecule has 2 unspecified atom stereocenters. The lowest BCUT2D eigenvalue weighted by atomic mass is 9.80. The van der Waals surface area contributed by atoms with Gasteiger partial charge in [0.25, 0.3) is 5.89 Å². The molecule has 3 rings (SSSR count). The van der Waals surface area contributed by atoms with E-state index in [4.69, 9.17) is 10.3 Å². The lowest BCUT2D eigenvalue weighted by Crippen LogP contribution is -2.14. The molecule has 1 fully saturated rings. The second kappa shape index (κ2) is 5.33. The number of anilines is 1. The van der Waals surface area contributed by atoms with Gasteiger partial charge in [-0.2, -0.15) is 4.98 Å². The molecular formula is C14H19N3OS. The minimum atomic E-state index is 0.466. The summed E-state index contributed by atoms with van der Waals surface area (Å²) in [6.07, 6.45) is 6.25. The molecule has 102 valence electrons. The van der Waals surface area contributed by atoms with Crippen LogP contribution in [0.2, 0.25) is 0 Å². The molecule has 2 N–H and O–H groups in total. The van der Waals surface area contributed by atoms with E-state index in [1.54, 1.807) is 0 Å². The van der Waals surface area contributed by atoms with Gasteiger partial charge in [0.2, 0.25) is 0 Å². The van der Waals surface area contributed by atoms with Gasteiger partial charge in [-0.05, 0) is 30.9 Å². The first-order valence-electron chi connectivity index (χ1n) is 6.95. The van der Waals surface area contributed by atoms with Gasteiger partial charge < -0.3 is 10.3 Å². The molecule has 2 heterocycles. The average Bonchev–Trinajstić information content (AvgIpc) is 3.07. The summed E-state index contributed by atoms with van der Waals surface area (Å²) in [5.41, 5.74) is 5.73. The van der Waals surface area contributed by atoms with Gasteiger partial charge in [-0.25, -0.2) is 0 Å². The van der Waals surface area contributed by atoms with Crippen LogP contribution in [0.1, 0.15) is 50.8 Å². The monoisotopic (exact) mass is 277 g/mol. The van der Waals surface area contributed by atoms with Crippen molar-refractivity contribution in [1.29, 1.82) is 0 Å². The zero-order valence-electron chi connectivity index (χ0n) is 11.1. The molecule has 1 aliphatic carbocycles. The summed E-state index contributed by atoms with van der Waals surface area (Å²) in [6, 6.07) is 3.81. The maximum atomic E-state index is 5.73. The number of thiophene rings is 1. The Bertz CT molecular complexity index is 548. The van der Waals surface area contributed by atoms with E-state index in [9.17, 15) is 0 Å². The van der Waals surface area contributed by atoms with Crippen LogP contribution in [0.25, 0.3) is 10.8 Å². The van der Waals surface area contributed by atoms with Crippen LogP contribution >= 0.6 is 11.3 Å². The van der Waals surface area contributed by atoms with Gasteiger partial charge in [-0.1, -0.05) is 31.3 Å². The molecule has 4 nitrogen and oxygen atoms in total. The van der Waals surface area contributed by atoms with E-state index in [-0.39, 0.29) is 0 Å². The smallest absolute Gasteiger partial charge is 0.268 e. The van der Waals surface area contributed by atoms with Crippen molar-refractivity contribution < 1.29 is 4.52 Å². The lowest BCUT2D eigenvalue weighted by molar-refractivity contribution is 0.300. The van der Waals surface area contributed by atoms with Crippen molar-refractivity contribution in [2.45, 2.75) is 44.9 Å². The maximum absolute atomic E-state index is 5.73. The molecule has 0 radical (unpaired) electrons. The molecule has 0 amide bonds. The normalized spacial score (nSPS) is 23.6. The minimum Gasteiger partial charge on any atom is -0.391 e. The van der Waals surface area contributed by atoms with E-state index >= 15 is 0 Å². The van der Waals surface area contributed by atoms with Crippen LogP contribution in [-0.2, 0) is 0 Å². The Balaban J connectivity index is 1.77. The third-order valence-electron chi connectivity index (χ3n) is 4.00. The highest BCUT2D eigenvalue weighted by molar-refractivity contribution is 7.19.